The molecule has 4 heteroatoms. The first-order valence-electron chi connectivity index (χ1n) is 20.1. The Balaban J connectivity index is 1.11. The van der Waals surface area contributed by atoms with Gasteiger partial charge in [-0.2, -0.15) is 0 Å². The number of anilines is 6. The second kappa shape index (κ2) is 17.4. The van der Waals surface area contributed by atoms with E-state index < -0.39 is 0 Å². The monoisotopic (exact) mass is 776 g/mol. The quantitative estimate of drug-likeness (QED) is 0.123. The van der Waals surface area contributed by atoms with Gasteiger partial charge in [0.05, 0.1) is 25.6 Å². The number of nitrogens with zero attached hydrogens (tertiary/aromatic N) is 2. The van der Waals surface area contributed by atoms with Crippen molar-refractivity contribution >= 4 is 34.1 Å². The van der Waals surface area contributed by atoms with Crippen LogP contribution in [0.25, 0.3) is 44.5 Å². The van der Waals surface area contributed by atoms with Gasteiger partial charge < -0.3 is 19.3 Å². The predicted molar refractivity (Wildman–Crippen MR) is 251 cm³/mol. The molecule has 0 radical (unpaired) electrons. The Morgan fingerprint density at radius 2 is 0.550 bits per heavy atom. The van der Waals surface area contributed by atoms with E-state index in [4.69, 9.17) is 9.47 Å². The summed E-state index contributed by atoms with van der Waals surface area (Å²) < 4.78 is 12.4. The van der Waals surface area contributed by atoms with E-state index in [9.17, 15) is 0 Å². The summed E-state index contributed by atoms with van der Waals surface area (Å²) in [6.45, 7) is 0. The Labute approximate surface area is 352 Å². The van der Waals surface area contributed by atoms with E-state index >= 15 is 0 Å². The zero-order valence-corrected chi connectivity index (χ0v) is 33.7. The summed E-state index contributed by atoms with van der Waals surface area (Å²) in [7, 11) is 3.48. The predicted octanol–water partition coefficient (Wildman–Crippen LogP) is 15.3. The molecule has 0 aromatic heterocycles. The van der Waals surface area contributed by atoms with Crippen LogP contribution in [0.1, 0.15) is 0 Å². The molecule has 0 saturated carbocycles. The van der Waals surface area contributed by atoms with E-state index in [-0.39, 0.29) is 0 Å². The minimum Gasteiger partial charge on any atom is -0.495 e. The van der Waals surface area contributed by atoms with Gasteiger partial charge in [-0.3, -0.25) is 0 Å². The highest BCUT2D eigenvalue weighted by Crippen LogP contribution is 2.46. The minimum atomic E-state index is 0.747. The van der Waals surface area contributed by atoms with Crippen LogP contribution in [0.5, 0.6) is 11.5 Å². The molecule has 0 bridgehead atoms. The van der Waals surface area contributed by atoms with Gasteiger partial charge in [-0.05, 0) is 117 Å². The van der Waals surface area contributed by atoms with Gasteiger partial charge >= 0.3 is 0 Å². The lowest BCUT2D eigenvalue weighted by Gasteiger charge is -2.28. The van der Waals surface area contributed by atoms with E-state index in [0.29, 0.717) is 0 Å². The lowest BCUT2D eigenvalue weighted by Crippen LogP contribution is -2.12. The van der Waals surface area contributed by atoms with E-state index in [2.05, 4.69) is 216 Å². The molecule has 9 rings (SSSR count). The van der Waals surface area contributed by atoms with Crippen LogP contribution in [0.3, 0.4) is 0 Å². The van der Waals surface area contributed by atoms with Crippen molar-refractivity contribution in [2.24, 2.45) is 0 Å². The molecule has 9 aromatic rings. The van der Waals surface area contributed by atoms with Crippen LogP contribution >= 0.6 is 0 Å². The summed E-state index contributed by atoms with van der Waals surface area (Å²) >= 11 is 0. The molecule has 60 heavy (non-hydrogen) atoms. The summed E-state index contributed by atoms with van der Waals surface area (Å²) in [5.41, 5.74) is 14.9. The number of benzene rings is 9. The van der Waals surface area contributed by atoms with E-state index in [1.54, 1.807) is 14.2 Å². The van der Waals surface area contributed by atoms with Gasteiger partial charge in [-0.1, -0.05) is 158 Å². The summed E-state index contributed by atoms with van der Waals surface area (Å²) in [4.78, 5) is 4.53. The van der Waals surface area contributed by atoms with Gasteiger partial charge in [0, 0.05) is 22.7 Å². The lowest BCUT2D eigenvalue weighted by molar-refractivity contribution is 0.415. The van der Waals surface area contributed by atoms with Crippen LogP contribution in [-0.4, -0.2) is 14.2 Å². The van der Waals surface area contributed by atoms with Crippen LogP contribution in [0.4, 0.5) is 34.1 Å². The highest BCUT2D eigenvalue weighted by atomic mass is 16.5. The second-order valence-electron chi connectivity index (χ2n) is 14.5. The number of methoxy groups -OCH3 is 2. The van der Waals surface area contributed by atoms with Crippen LogP contribution in [0, 0.1) is 0 Å². The van der Waals surface area contributed by atoms with Crippen LogP contribution < -0.4 is 19.3 Å². The molecule has 0 spiro atoms. The van der Waals surface area contributed by atoms with Gasteiger partial charge in [-0.25, -0.2) is 0 Å². The number of para-hydroxylation sites is 1. The molecule has 9 aromatic carbocycles. The molecular formula is C56H44N2O2. The maximum Gasteiger partial charge on any atom is 0.143 e. The van der Waals surface area contributed by atoms with E-state index in [1.165, 1.54) is 11.1 Å². The Morgan fingerprint density at radius 1 is 0.250 bits per heavy atom. The molecule has 0 amide bonds. The highest BCUT2D eigenvalue weighted by molar-refractivity contribution is 5.88. The lowest BCUT2D eigenvalue weighted by atomic mass is 10.0. The fourth-order valence-corrected chi connectivity index (χ4v) is 7.86. The van der Waals surface area contributed by atoms with Crippen molar-refractivity contribution in [1.29, 1.82) is 0 Å². The smallest absolute Gasteiger partial charge is 0.143 e. The third-order valence-electron chi connectivity index (χ3n) is 10.8. The molecule has 4 nitrogen and oxygen atoms in total. The third kappa shape index (κ3) is 7.87. The van der Waals surface area contributed by atoms with Crippen LogP contribution in [0.2, 0.25) is 0 Å². The average Bonchev–Trinajstić information content (AvgIpc) is 3.33. The number of hydrogen-bond donors (Lipinski definition) is 0. The van der Waals surface area contributed by atoms with Gasteiger partial charge in [0.1, 0.15) is 11.5 Å². The van der Waals surface area contributed by atoms with Crippen LogP contribution in [0.15, 0.2) is 231 Å². The van der Waals surface area contributed by atoms with Gasteiger partial charge in [-0.15, -0.1) is 0 Å². The molecule has 0 aliphatic heterocycles. The normalized spacial score (nSPS) is 10.8. The third-order valence-corrected chi connectivity index (χ3v) is 10.8. The van der Waals surface area contributed by atoms with Crippen molar-refractivity contribution in [1.82, 2.24) is 0 Å². The average molecular weight is 777 g/mol. The Hall–Kier alpha value is -7.82. The first kappa shape index (κ1) is 37.7. The Kier molecular flexibility index (Phi) is 10.9. The number of rotatable bonds is 12. The SMILES string of the molecule is COc1cc(-c2ccc(N(c3ccc(-c4ccccc4)cc3)c3cccc(-c4ccccc4)c3)c(OC)c2)ccc1N(c1ccccc1)c1cccc(-c2ccccc2)c1. The molecular weight excluding hydrogens is 733 g/mol. The number of hydrogen-bond acceptors (Lipinski definition) is 4. The summed E-state index contributed by atoms with van der Waals surface area (Å²) in [6.07, 6.45) is 0. The first-order valence-corrected chi connectivity index (χ1v) is 20.1. The zero-order chi connectivity index (χ0) is 40.7. The van der Waals surface area contributed by atoms with Crippen molar-refractivity contribution in [3.8, 4) is 56.0 Å². The second-order valence-corrected chi connectivity index (χ2v) is 14.5. The number of ether oxygens (including phenoxy) is 2. The fourth-order valence-electron chi connectivity index (χ4n) is 7.86. The molecule has 0 N–H and O–H groups in total. The van der Waals surface area contributed by atoms with Gasteiger partial charge in [0.25, 0.3) is 0 Å². The molecule has 0 heterocycles. The molecule has 0 fully saturated rings. The van der Waals surface area contributed by atoms with Crippen LogP contribution in [-0.2, 0) is 0 Å². The van der Waals surface area contributed by atoms with Crippen molar-refractivity contribution in [3.05, 3.63) is 231 Å². The molecule has 0 saturated heterocycles. The highest BCUT2D eigenvalue weighted by Gasteiger charge is 2.21. The molecule has 0 unspecified atom stereocenters. The van der Waals surface area contributed by atoms with E-state index in [0.717, 1.165) is 79.0 Å². The van der Waals surface area contributed by atoms with E-state index in [1.807, 2.05) is 24.3 Å². The van der Waals surface area contributed by atoms with Gasteiger partial charge in [0.2, 0.25) is 0 Å². The largest absolute Gasteiger partial charge is 0.495 e. The van der Waals surface area contributed by atoms with Crippen molar-refractivity contribution in [2.45, 2.75) is 0 Å². The van der Waals surface area contributed by atoms with Gasteiger partial charge in [0.15, 0.2) is 0 Å². The summed E-state index contributed by atoms with van der Waals surface area (Å²) in [5, 5.41) is 0. The fraction of sp³-hybridized carbons (Fsp3) is 0.0357. The first-order chi connectivity index (χ1) is 29.7. The summed E-state index contributed by atoms with van der Waals surface area (Å²) in [5.74, 6) is 1.50. The standard InChI is InChI=1S/C56H44N2O2/c1-59-55-39-47(31-35-53(55)57(49-25-13-6-14-26-49)51-27-15-23-45(37-51)42-19-9-4-10-20-42)48-32-36-54(56(40-48)60-2)58(50-33-29-44(30-34-50)41-17-7-3-8-18-41)52-28-16-24-46(38-52)43-21-11-5-12-22-43/h3-40H,1-2H3. The van der Waals surface area contributed by atoms with Crippen molar-refractivity contribution < 1.29 is 9.47 Å². The van der Waals surface area contributed by atoms with Crippen molar-refractivity contribution in [3.63, 3.8) is 0 Å². The maximum absolute atomic E-state index is 6.24. The van der Waals surface area contributed by atoms with Crippen molar-refractivity contribution in [2.75, 3.05) is 24.0 Å². The maximum atomic E-state index is 6.24. The minimum absolute atomic E-state index is 0.747. The summed E-state index contributed by atoms with van der Waals surface area (Å²) in [6, 6.07) is 80.8. The topological polar surface area (TPSA) is 24.9 Å². The molecule has 0 atom stereocenters. The Bertz CT molecular complexity index is 2830. The molecule has 290 valence electrons. The zero-order valence-electron chi connectivity index (χ0n) is 33.7. The molecule has 0 aliphatic rings. The Morgan fingerprint density at radius 3 is 0.967 bits per heavy atom. The molecule has 0 aliphatic carbocycles.